The van der Waals surface area contributed by atoms with Gasteiger partial charge in [0.1, 0.15) is 11.8 Å². The molecule has 0 aliphatic carbocycles. The quantitative estimate of drug-likeness (QED) is 0.740. The number of ether oxygens (including phenoxy) is 1. The van der Waals surface area contributed by atoms with Crippen LogP contribution in [-0.4, -0.2) is 41.9 Å². The van der Waals surface area contributed by atoms with Crippen molar-refractivity contribution in [3.05, 3.63) is 66.2 Å². The molecule has 2 aromatic carbocycles. The Balaban J connectivity index is 2.04. The Kier molecular flexibility index (Phi) is 7.86. The largest absolute Gasteiger partial charge is 0.484 e. The first-order valence-electron chi connectivity index (χ1n) is 9.29. The van der Waals surface area contributed by atoms with E-state index in [1.807, 2.05) is 62.4 Å². The van der Waals surface area contributed by atoms with Crippen LogP contribution in [0.15, 0.2) is 60.7 Å². The van der Waals surface area contributed by atoms with Crippen LogP contribution in [0.3, 0.4) is 0 Å². The summed E-state index contributed by atoms with van der Waals surface area (Å²) in [7, 11) is 0. The Bertz CT molecular complexity index is 717. The summed E-state index contributed by atoms with van der Waals surface area (Å²) in [4.78, 5) is 26.8. The molecule has 27 heavy (non-hydrogen) atoms. The Labute approximate surface area is 161 Å². The molecule has 0 unspecified atom stereocenters. The minimum absolute atomic E-state index is 0.0200. The molecular weight excluding hydrogens is 340 g/mol. The number of para-hydroxylation sites is 1. The number of nitrogens with one attached hydrogen (secondary N) is 1. The highest BCUT2D eigenvalue weighted by Crippen LogP contribution is 2.10. The van der Waals surface area contributed by atoms with Crippen LogP contribution in [0.25, 0.3) is 0 Å². The van der Waals surface area contributed by atoms with Crippen LogP contribution in [-0.2, 0) is 16.0 Å². The van der Waals surface area contributed by atoms with Crippen LogP contribution < -0.4 is 10.1 Å². The molecule has 2 amide bonds. The van der Waals surface area contributed by atoms with Gasteiger partial charge in [0.15, 0.2) is 6.61 Å². The van der Waals surface area contributed by atoms with Crippen LogP contribution in [0, 0.1) is 0 Å². The first kappa shape index (κ1) is 20.5. The fourth-order valence-electron chi connectivity index (χ4n) is 2.72. The molecule has 0 spiro atoms. The molecule has 0 heterocycles. The van der Waals surface area contributed by atoms with Gasteiger partial charge in [-0.3, -0.25) is 9.59 Å². The smallest absolute Gasteiger partial charge is 0.261 e. The van der Waals surface area contributed by atoms with Gasteiger partial charge in [0.25, 0.3) is 5.91 Å². The van der Waals surface area contributed by atoms with Crippen molar-refractivity contribution < 1.29 is 14.3 Å². The Morgan fingerprint density at radius 3 is 2.15 bits per heavy atom. The predicted molar refractivity (Wildman–Crippen MR) is 107 cm³/mol. The zero-order valence-corrected chi connectivity index (χ0v) is 16.2. The zero-order chi connectivity index (χ0) is 19.6. The van der Waals surface area contributed by atoms with Crippen LogP contribution in [0.2, 0.25) is 0 Å². The lowest BCUT2D eigenvalue weighted by molar-refractivity contribution is -0.141. The lowest BCUT2D eigenvalue weighted by atomic mass is 10.1. The first-order valence-corrected chi connectivity index (χ1v) is 9.29. The van der Waals surface area contributed by atoms with Gasteiger partial charge >= 0.3 is 0 Å². The van der Waals surface area contributed by atoms with Crippen molar-refractivity contribution >= 4 is 11.8 Å². The van der Waals surface area contributed by atoms with Crippen molar-refractivity contribution in [1.82, 2.24) is 10.2 Å². The highest BCUT2D eigenvalue weighted by molar-refractivity contribution is 5.88. The van der Waals surface area contributed by atoms with Gasteiger partial charge in [-0.05, 0) is 44.9 Å². The number of carbonyl (C=O) groups excluding carboxylic acids is 2. The molecule has 0 fully saturated rings. The summed E-state index contributed by atoms with van der Waals surface area (Å²) < 4.78 is 5.59. The first-order chi connectivity index (χ1) is 13.0. The molecule has 0 aliphatic heterocycles. The maximum absolute atomic E-state index is 12.8. The number of amides is 2. The Hall–Kier alpha value is -2.82. The van der Waals surface area contributed by atoms with E-state index in [1.165, 1.54) is 0 Å². The predicted octanol–water partition coefficient (Wildman–Crippen LogP) is 3.05. The minimum atomic E-state index is -0.567. The standard InChI is InChI=1S/C22H28N2O3/c1-17(2)23-22(26)18(3)24(15-14-19-10-6-4-7-11-19)21(25)16-27-20-12-8-5-9-13-20/h4-13,17-18H,14-16H2,1-3H3,(H,23,26)/t18-/m1/s1. The Morgan fingerprint density at radius 1 is 0.963 bits per heavy atom. The third-order valence-electron chi connectivity index (χ3n) is 4.19. The maximum atomic E-state index is 12.8. The molecule has 0 saturated heterocycles. The second kappa shape index (κ2) is 10.4. The van der Waals surface area contributed by atoms with Gasteiger partial charge in [0, 0.05) is 12.6 Å². The van der Waals surface area contributed by atoms with Crippen molar-refractivity contribution in [3.8, 4) is 5.75 Å². The van der Waals surface area contributed by atoms with Gasteiger partial charge in [-0.15, -0.1) is 0 Å². The molecule has 2 rings (SSSR count). The molecule has 0 saturated carbocycles. The van der Waals surface area contributed by atoms with Crippen LogP contribution in [0.4, 0.5) is 0 Å². The van der Waals surface area contributed by atoms with Crippen LogP contribution >= 0.6 is 0 Å². The molecular formula is C22H28N2O3. The SMILES string of the molecule is CC(C)NC(=O)[C@@H](C)N(CCc1ccccc1)C(=O)COc1ccccc1. The summed E-state index contributed by atoms with van der Waals surface area (Å²) in [6.07, 6.45) is 0.678. The van der Waals surface area contributed by atoms with E-state index in [9.17, 15) is 9.59 Å². The maximum Gasteiger partial charge on any atom is 0.261 e. The molecule has 144 valence electrons. The van der Waals surface area contributed by atoms with E-state index in [4.69, 9.17) is 4.74 Å². The van der Waals surface area contributed by atoms with E-state index in [-0.39, 0.29) is 24.5 Å². The number of benzene rings is 2. The number of hydrogen-bond acceptors (Lipinski definition) is 3. The van der Waals surface area contributed by atoms with Gasteiger partial charge in [-0.1, -0.05) is 48.5 Å². The van der Waals surface area contributed by atoms with E-state index in [0.717, 1.165) is 5.56 Å². The third-order valence-corrected chi connectivity index (χ3v) is 4.19. The second-order valence-corrected chi connectivity index (χ2v) is 6.76. The van der Waals surface area contributed by atoms with Gasteiger partial charge in [-0.25, -0.2) is 0 Å². The van der Waals surface area contributed by atoms with E-state index >= 15 is 0 Å². The van der Waals surface area contributed by atoms with Crippen molar-refractivity contribution in [1.29, 1.82) is 0 Å². The molecule has 2 aromatic rings. The monoisotopic (exact) mass is 368 g/mol. The van der Waals surface area contributed by atoms with E-state index in [0.29, 0.717) is 18.7 Å². The molecule has 0 aromatic heterocycles. The molecule has 0 aliphatic rings. The molecule has 1 atom stereocenters. The number of carbonyl (C=O) groups is 2. The minimum Gasteiger partial charge on any atom is -0.484 e. The number of rotatable bonds is 9. The average molecular weight is 368 g/mol. The Morgan fingerprint density at radius 2 is 1.56 bits per heavy atom. The summed E-state index contributed by atoms with van der Waals surface area (Å²) in [5.41, 5.74) is 1.12. The van der Waals surface area contributed by atoms with Gasteiger partial charge in [0.2, 0.25) is 5.91 Å². The number of nitrogens with zero attached hydrogens (tertiary/aromatic N) is 1. The van der Waals surface area contributed by atoms with Gasteiger partial charge in [-0.2, -0.15) is 0 Å². The topological polar surface area (TPSA) is 58.6 Å². The summed E-state index contributed by atoms with van der Waals surface area (Å²) in [5.74, 6) is 0.264. The van der Waals surface area contributed by atoms with Crippen LogP contribution in [0.1, 0.15) is 26.3 Å². The fraction of sp³-hybridized carbons (Fsp3) is 0.364. The summed E-state index contributed by atoms with van der Waals surface area (Å²) in [6, 6.07) is 18.6. The van der Waals surface area contributed by atoms with Crippen molar-refractivity contribution in [2.24, 2.45) is 0 Å². The molecule has 1 N–H and O–H groups in total. The summed E-state index contributed by atoms with van der Waals surface area (Å²) in [6.45, 7) is 5.91. The average Bonchev–Trinajstić information content (AvgIpc) is 2.67. The van der Waals surface area contributed by atoms with Crippen molar-refractivity contribution in [2.75, 3.05) is 13.2 Å². The third kappa shape index (κ3) is 6.77. The van der Waals surface area contributed by atoms with Gasteiger partial charge < -0.3 is 15.0 Å². The normalized spacial score (nSPS) is 11.7. The lowest BCUT2D eigenvalue weighted by Crippen LogP contribution is -2.51. The molecule has 5 heteroatoms. The van der Waals surface area contributed by atoms with Crippen molar-refractivity contribution in [2.45, 2.75) is 39.3 Å². The lowest BCUT2D eigenvalue weighted by Gasteiger charge is -2.29. The molecule has 0 radical (unpaired) electrons. The number of hydrogen-bond donors (Lipinski definition) is 1. The van der Waals surface area contributed by atoms with Gasteiger partial charge in [0.05, 0.1) is 0 Å². The van der Waals surface area contributed by atoms with Crippen LogP contribution in [0.5, 0.6) is 5.75 Å². The highest BCUT2D eigenvalue weighted by Gasteiger charge is 2.26. The molecule has 0 bridgehead atoms. The highest BCUT2D eigenvalue weighted by atomic mass is 16.5. The fourth-order valence-corrected chi connectivity index (χ4v) is 2.72. The van der Waals surface area contributed by atoms with E-state index < -0.39 is 6.04 Å². The van der Waals surface area contributed by atoms with E-state index in [1.54, 1.807) is 24.0 Å². The summed E-state index contributed by atoms with van der Waals surface area (Å²) >= 11 is 0. The van der Waals surface area contributed by atoms with E-state index in [2.05, 4.69) is 5.32 Å². The van der Waals surface area contributed by atoms with Crippen molar-refractivity contribution in [3.63, 3.8) is 0 Å². The second-order valence-electron chi connectivity index (χ2n) is 6.76. The summed E-state index contributed by atoms with van der Waals surface area (Å²) in [5, 5.41) is 2.88. The zero-order valence-electron chi connectivity index (χ0n) is 16.2. The molecule has 5 nitrogen and oxygen atoms in total.